The molecule has 0 amide bonds. The molecule has 0 radical (unpaired) electrons. The molecule has 1 saturated heterocycles. The van der Waals surface area contributed by atoms with Crippen LogP contribution in [0.5, 0.6) is 0 Å². The summed E-state index contributed by atoms with van der Waals surface area (Å²) in [5, 5.41) is 6.76. The van der Waals surface area contributed by atoms with E-state index in [1.165, 1.54) is 24.2 Å². The van der Waals surface area contributed by atoms with Crippen molar-refractivity contribution in [1.82, 2.24) is 5.32 Å². The van der Waals surface area contributed by atoms with Crippen LogP contribution < -0.4 is 20.0 Å². The fourth-order valence-electron chi connectivity index (χ4n) is 5.84. The van der Waals surface area contributed by atoms with Gasteiger partial charge in [0, 0.05) is 29.2 Å². The molecule has 206 valence electrons. The Bertz CT molecular complexity index is 1340. The van der Waals surface area contributed by atoms with E-state index in [2.05, 4.69) is 101 Å². The van der Waals surface area contributed by atoms with Crippen molar-refractivity contribution in [1.29, 1.82) is 0 Å². The average molecular weight is 553 g/mol. The van der Waals surface area contributed by atoms with E-state index in [0.717, 1.165) is 24.2 Å². The third-order valence-corrected chi connectivity index (χ3v) is 10.3. The second-order valence-corrected chi connectivity index (χ2v) is 12.8. The maximum absolute atomic E-state index is 12.8. The zero-order chi connectivity index (χ0) is 27.7. The molecule has 40 heavy (non-hydrogen) atoms. The SMILES string of the molecule is C=C1C(=O)C(NCC(C)(C)OP2N(c3ccccc3)[C@@H]3CCCC[C@H]3N2c2ccccc2)=C1Nc1ccccc1. The molecule has 7 heteroatoms. The molecule has 3 aromatic carbocycles. The lowest BCUT2D eigenvalue weighted by molar-refractivity contribution is -0.113. The van der Waals surface area contributed by atoms with Crippen molar-refractivity contribution in [3.05, 3.63) is 115 Å². The van der Waals surface area contributed by atoms with E-state index in [-0.39, 0.29) is 5.78 Å². The molecule has 1 heterocycles. The molecule has 6 rings (SSSR count). The lowest BCUT2D eigenvalue weighted by Gasteiger charge is -2.39. The van der Waals surface area contributed by atoms with E-state index in [4.69, 9.17) is 4.52 Å². The molecule has 0 bridgehead atoms. The maximum Gasteiger partial charge on any atom is 0.249 e. The molecule has 0 spiro atoms. The number of allylic oxidation sites excluding steroid dienone is 2. The number of benzene rings is 3. The molecule has 0 aromatic heterocycles. The van der Waals surface area contributed by atoms with Gasteiger partial charge >= 0.3 is 0 Å². The number of hydrogen-bond acceptors (Lipinski definition) is 6. The third kappa shape index (κ3) is 5.14. The molecule has 6 nitrogen and oxygen atoms in total. The Balaban J connectivity index is 1.28. The monoisotopic (exact) mass is 552 g/mol. The number of fused-ring (bicyclic) bond motifs is 1. The zero-order valence-electron chi connectivity index (χ0n) is 23.2. The van der Waals surface area contributed by atoms with Crippen LogP contribution in [0.3, 0.4) is 0 Å². The second-order valence-electron chi connectivity index (χ2n) is 11.3. The summed E-state index contributed by atoms with van der Waals surface area (Å²) >= 11 is 0. The number of ketones is 1. The van der Waals surface area contributed by atoms with Crippen molar-refractivity contribution in [2.75, 3.05) is 21.2 Å². The summed E-state index contributed by atoms with van der Waals surface area (Å²) in [4.78, 5) is 12.8. The molecule has 2 atom stereocenters. The average Bonchev–Trinajstić information content (AvgIpc) is 3.30. The molecule has 0 unspecified atom stereocenters. The minimum atomic E-state index is -1.16. The van der Waals surface area contributed by atoms with Crippen LogP contribution in [0.25, 0.3) is 0 Å². The van der Waals surface area contributed by atoms with Crippen LogP contribution in [0.15, 0.2) is 115 Å². The number of carbonyl (C=O) groups excluding carboxylic acids is 1. The van der Waals surface area contributed by atoms with Gasteiger partial charge in [0.2, 0.25) is 14.2 Å². The summed E-state index contributed by atoms with van der Waals surface area (Å²) in [6, 6.07) is 32.1. The van der Waals surface area contributed by atoms with E-state index in [1.807, 2.05) is 30.3 Å². The summed E-state index contributed by atoms with van der Waals surface area (Å²) in [6.45, 7) is 8.68. The number of nitrogens with zero attached hydrogens (tertiary/aromatic N) is 2. The summed E-state index contributed by atoms with van der Waals surface area (Å²) in [5.74, 6) is -0.0522. The zero-order valence-corrected chi connectivity index (χ0v) is 24.1. The predicted molar refractivity (Wildman–Crippen MR) is 165 cm³/mol. The second kappa shape index (κ2) is 11.1. The van der Waals surface area contributed by atoms with Gasteiger partial charge in [0.1, 0.15) is 5.70 Å². The van der Waals surface area contributed by atoms with Crippen molar-refractivity contribution < 1.29 is 9.32 Å². The van der Waals surface area contributed by atoms with Gasteiger partial charge in [-0.05, 0) is 63.1 Å². The number of Topliss-reactive ketones (excluding diaryl/α,β-unsaturated/α-hetero) is 1. The number of hydrogen-bond donors (Lipinski definition) is 2. The maximum atomic E-state index is 12.8. The van der Waals surface area contributed by atoms with Gasteiger partial charge in [0.15, 0.2) is 0 Å². The third-order valence-electron chi connectivity index (χ3n) is 7.85. The number of carbonyl (C=O) groups is 1. The van der Waals surface area contributed by atoms with Crippen LogP contribution in [-0.2, 0) is 9.32 Å². The van der Waals surface area contributed by atoms with E-state index in [0.29, 0.717) is 29.9 Å². The predicted octanol–water partition coefficient (Wildman–Crippen LogP) is 7.40. The molecule has 2 N–H and O–H groups in total. The molecular formula is C33H37N4O2P. The number of rotatable bonds is 9. The standard InChI is InChI=1S/C33H37N4O2P/c1-24-30(35-25-15-7-4-8-16-25)31(32(24)38)34-23-33(2,3)39-40-36(26-17-9-5-10-18-26)28-21-13-14-22-29(28)37(40)27-19-11-6-12-20-27/h4-12,15-20,28-29,34-35H,1,13-14,21-23H2,2-3H3/t28-,29-/m1/s1. The molecule has 2 aliphatic carbocycles. The van der Waals surface area contributed by atoms with Gasteiger partial charge in [0.25, 0.3) is 0 Å². The van der Waals surface area contributed by atoms with E-state index in [9.17, 15) is 4.79 Å². The minimum Gasteiger partial charge on any atom is -0.377 e. The Hall–Kier alpha value is -3.60. The first-order chi connectivity index (χ1) is 19.4. The van der Waals surface area contributed by atoms with Gasteiger partial charge < -0.3 is 24.5 Å². The van der Waals surface area contributed by atoms with E-state index in [1.54, 1.807) is 0 Å². The number of anilines is 3. The van der Waals surface area contributed by atoms with Gasteiger partial charge in [-0.1, -0.05) is 74.0 Å². The van der Waals surface area contributed by atoms with Crippen molar-refractivity contribution in [3.63, 3.8) is 0 Å². The van der Waals surface area contributed by atoms with Crippen LogP contribution in [0, 0.1) is 0 Å². The lowest BCUT2D eigenvalue weighted by atomic mass is 9.90. The molecule has 2 fully saturated rings. The Morgan fingerprint density at radius 3 is 1.85 bits per heavy atom. The van der Waals surface area contributed by atoms with Crippen molar-refractivity contribution in [2.24, 2.45) is 0 Å². The summed E-state index contributed by atoms with van der Waals surface area (Å²) < 4.78 is 12.2. The summed E-state index contributed by atoms with van der Waals surface area (Å²) in [7, 11) is -1.16. The van der Waals surface area contributed by atoms with Crippen LogP contribution in [0.1, 0.15) is 39.5 Å². The van der Waals surface area contributed by atoms with Crippen molar-refractivity contribution in [3.8, 4) is 0 Å². The highest BCUT2D eigenvalue weighted by atomic mass is 31.2. The first kappa shape index (κ1) is 26.6. The Morgan fingerprint density at radius 1 is 0.825 bits per heavy atom. The van der Waals surface area contributed by atoms with Gasteiger partial charge in [-0.3, -0.25) is 4.79 Å². The summed E-state index contributed by atoms with van der Waals surface area (Å²) in [6.07, 6.45) is 4.78. The van der Waals surface area contributed by atoms with Gasteiger partial charge in [-0.25, -0.2) is 0 Å². The van der Waals surface area contributed by atoms with E-state index < -0.39 is 14.1 Å². The van der Waals surface area contributed by atoms with Crippen LogP contribution in [0.4, 0.5) is 17.1 Å². The number of para-hydroxylation sites is 3. The quantitative estimate of drug-likeness (QED) is 0.213. The van der Waals surface area contributed by atoms with Gasteiger partial charge in [0.05, 0.1) is 23.4 Å². The van der Waals surface area contributed by atoms with Crippen LogP contribution in [-0.4, -0.2) is 30.0 Å². The first-order valence-corrected chi connectivity index (χ1v) is 15.3. The fraction of sp³-hybridized carbons (Fsp3) is 0.303. The number of nitrogens with one attached hydrogen (secondary N) is 2. The normalized spacial score (nSPS) is 21.4. The van der Waals surface area contributed by atoms with Crippen LogP contribution in [0.2, 0.25) is 0 Å². The highest BCUT2D eigenvalue weighted by Gasteiger charge is 2.51. The Morgan fingerprint density at radius 2 is 1.32 bits per heavy atom. The molecule has 1 saturated carbocycles. The summed E-state index contributed by atoms with van der Waals surface area (Å²) in [5.41, 5.74) is 4.60. The molecule has 3 aromatic rings. The highest BCUT2D eigenvalue weighted by Crippen LogP contribution is 2.62. The van der Waals surface area contributed by atoms with Crippen LogP contribution >= 0.6 is 8.45 Å². The topological polar surface area (TPSA) is 56.8 Å². The first-order valence-electron chi connectivity index (χ1n) is 14.1. The molecule has 3 aliphatic rings. The fourth-order valence-corrected chi connectivity index (χ4v) is 8.44. The van der Waals surface area contributed by atoms with Gasteiger partial charge in [-0.2, -0.15) is 0 Å². The Labute approximate surface area is 238 Å². The molecular weight excluding hydrogens is 515 g/mol. The van der Waals surface area contributed by atoms with Crippen molar-refractivity contribution in [2.45, 2.75) is 57.2 Å². The highest BCUT2D eigenvalue weighted by molar-refractivity contribution is 7.56. The van der Waals surface area contributed by atoms with E-state index >= 15 is 0 Å². The lowest BCUT2D eigenvalue weighted by Crippen LogP contribution is -2.43. The smallest absolute Gasteiger partial charge is 0.249 e. The molecule has 1 aliphatic heterocycles. The minimum absolute atomic E-state index is 0.0522. The van der Waals surface area contributed by atoms with Crippen molar-refractivity contribution >= 4 is 31.3 Å². The largest absolute Gasteiger partial charge is 0.377 e. The Kier molecular flexibility index (Phi) is 7.39. The van der Waals surface area contributed by atoms with Gasteiger partial charge in [-0.15, -0.1) is 0 Å².